The van der Waals surface area contributed by atoms with Crippen molar-refractivity contribution in [2.24, 2.45) is 5.92 Å². The molecule has 5 heteroatoms. The van der Waals surface area contributed by atoms with Crippen molar-refractivity contribution in [3.63, 3.8) is 0 Å². The second kappa shape index (κ2) is 5.65. The molecule has 1 aliphatic rings. The maximum atomic E-state index is 13.2. The molecule has 3 nitrogen and oxygen atoms in total. The van der Waals surface area contributed by atoms with E-state index in [1.807, 2.05) is 6.92 Å². The summed E-state index contributed by atoms with van der Waals surface area (Å²) in [6.45, 7) is 3.35. The summed E-state index contributed by atoms with van der Waals surface area (Å²) in [5, 5.41) is 3.15. The van der Waals surface area contributed by atoms with Crippen molar-refractivity contribution in [2.75, 3.05) is 20.1 Å². The van der Waals surface area contributed by atoms with Crippen LogP contribution in [0.1, 0.15) is 24.9 Å². The molecule has 0 saturated carbocycles. The lowest BCUT2D eigenvalue weighted by molar-refractivity contribution is -0.135. The van der Waals surface area contributed by atoms with Crippen molar-refractivity contribution in [1.29, 1.82) is 0 Å². The first kappa shape index (κ1) is 13.9. The fraction of sp³-hybridized carbons (Fsp3) is 0.500. The van der Waals surface area contributed by atoms with Crippen LogP contribution in [0.3, 0.4) is 0 Å². The molecular weight excluding hydrogens is 250 g/mol. The van der Waals surface area contributed by atoms with E-state index in [2.05, 4.69) is 5.32 Å². The highest BCUT2D eigenvalue weighted by atomic mass is 19.2. The van der Waals surface area contributed by atoms with E-state index in [1.165, 1.54) is 6.07 Å². The monoisotopic (exact) mass is 268 g/mol. The molecule has 2 unspecified atom stereocenters. The van der Waals surface area contributed by atoms with Gasteiger partial charge in [-0.1, -0.05) is 6.07 Å². The lowest BCUT2D eigenvalue weighted by atomic mass is 10.0. The van der Waals surface area contributed by atoms with E-state index in [1.54, 1.807) is 11.9 Å². The number of amides is 1. The van der Waals surface area contributed by atoms with Crippen LogP contribution in [-0.4, -0.2) is 30.9 Å². The summed E-state index contributed by atoms with van der Waals surface area (Å²) in [7, 11) is 1.70. The second-order valence-corrected chi connectivity index (χ2v) is 4.99. The van der Waals surface area contributed by atoms with Gasteiger partial charge in [0.05, 0.1) is 12.0 Å². The molecule has 1 aromatic carbocycles. The number of hydrogen-bond acceptors (Lipinski definition) is 2. The summed E-state index contributed by atoms with van der Waals surface area (Å²) in [6.07, 6.45) is 0.827. The minimum absolute atomic E-state index is 0.0160. The summed E-state index contributed by atoms with van der Waals surface area (Å²) < 4.78 is 26.1. The summed E-state index contributed by atoms with van der Waals surface area (Å²) >= 11 is 0. The predicted octanol–water partition coefficient (Wildman–Crippen LogP) is 2.09. The van der Waals surface area contributed by atoms with Gasteiger partial charge in [-0.05, 0) is 37.6 Å². The van der Waals surface area contributed by atoms with E-state index < -0.39 is 11.6 Å². The van der Waals surface area contributed by atoms with Gasteiger partial charge in [0.25, 0.3) is 0 Å². The zero-order valence-electron chi connectivity index (χ0n) is 11.1. The number of nitrogens with one attached hydrogen (secondary N) is 1. The molecule has 0 aliphatic carbocycles. The van der Waals surface area contributed by atoms with Crippen molar-refractivity contribution in [3.05, 3.63) is 35.4 Å². The smallest absolute Gasteiger partial charge is 0.227 e. The summed E-state index contributed by atoms with van der Waals surface area (Å²) in [6, 6.07) is 3.48. The van der Waals surface area contributed by atoms with E-state index in [4.69, 9.17) is 0 Å². The van der Waals surface area contributed by atoms with E-state index in [9.17, 15) is 13.6 Å². The quantitative estimate of drug-likeness (QED) is 0.910. The Labute approximate surface area is 111 Å². The van der Waals surface area contributed by atoms with Gasteiger partial charge < -0.3 is 10.2 Å². The van der Waals surface area contributed by atoms with Crippen LogP contribution in [0.5, 0.6) is 0 Å². The molecule has 1 amide bonds. The first-order chi connectivity index (χ1) is 9.00. The van der Waals surface area contributed by atoms with Gasteiger partial charge in [0.1, 0.15) is 0 Å². The van der Waals surface area contributed by atoms with Crippen LogP contribution >= 0.6 is 0 Å². The average Bonchev–Trinajstić information content (AvgIpc) is 2.93. The second-order valence-electron chi connectivity index (χ2n) is 4.99. The van der Waals surface area contributed by atoms with Crippen LogP contribution < -0.4 is 5.32 Å². The third-order valence-electron chi connectivity index (χ3n) is 3.76. The first-order valence-corrected chi connectivity index (χ1v) is 6.43. The molecule has 1 N–H and O–H groups in total. The van der Waals surface area contributed by atoms with Gasteiger partial charge in [-0.2, -0.15) is 0 Å². The van der Waals surface area contributed by atoms with E-state index in [-0.39, 0.29) is 17.9 Å². The maximum absolute atomic E-state index is 13.2. The SMILES string of the molecule is CC(c1ccc(F)c(F)c1)N(C)C(=O)C1CCNC1. The molecule has 1 aliphatic heterocycles. The van der Waals surface area contributed by atoms with Crippen LogP contribution in [0.4, 0.5) is 8.78 Å². The summed E-state index contributed by atoms with van der Waals surface area (Å²) in [5.41, 5.74) is 0.598. The van der Waals surface area contributed by atoms with Crippen LogP contribution in [0.2, 0.25) is 0 Å². The Morgan fingerprint density at radius 2 is 2.16 bits per heavy atom. The van der Waals surface area contributed by atoms with Crippen LogP contribution in [-0.2, 0) is 4.79 Å². The first-order valence-electron chi connectivity index (χ1n) is 6.43. The molecule has 2 atom stereocenters. The zero-order valence-corrected chi connectivity index (χ0v) is 11.1. The Balaban J connectivity index is 2.11. The standard InChI is InChI=1S/C14H18F2N2O/c1-9(10-3-4-12(15)13(16)7-10)18(2)14(19)11-5-6-17-8-11/h3-4,7,9,11,17H,5-6,8H2,1-2H3. The third kappa shape index (κ3) is 2.92. The van der Waals surface area contributed by atoms with Crippen LogP contribution in [0.15, 0.2) is 18.2 Å². The number of carbonyl (C=O) groups is 1. The minimum Gasteiger partial charge on any atom is -0.339 e. The van der Waals surface area contributed by atoms with Gasteiger partial charge in [-0.15, -0.1) is 0 Å². The van der Waals surface area contributed by atoms with Gasteiger partial charge in [-0.25, -0.2) is 8.78 Å². The minimum atomic E-state index is -0.882. The molecule has 1 saturated heterocycles. The molecular formula is C14H18F2N2O. The molecule has 19 heavy (non-hydrogen) atoms. The fourth-order valence-corrected chi connectivity index (χ4v) is 2.34. The van der Waals surface area contributed by atoms with Crippen molar-refractivity contribution >= 4 is 5.91 Å². The van der Waals surface area contributed by atoms with Crippen molar-refractivity contribution in [1.82, 2.24) is 10.2 Å². The van der Waals surface area contributed by atoms with Gasteiger partial charge in [0.2, 0.25) is 5.91 Å². The number of rotatable bonds is 3. The highest BCUT2D eigenvalue weighted by Crippen LogP contribution is 2.23. The molecule has 0 aromatic heterocycles. The highest BCUT2D eigenvalue weighted by molar-refractivity contribution is 5.79. The van der Waals surface area contributed by atoms with Gasteiger partial charge in [0, 0.05) is 13.6 Å². The maximum Gasteiger partial charge on any atom is 0.227 e. The van der Waals surface area contributed by atoms with Gasteiger partial charge in [0.15, 0.2) is 11.6 Å². The number of halogens is 2. The Hall–Kier alpha value is -1.49. The molecule has 1 heterocycles. The predicted molar refractivity (Wildman–Crippen MR) is 68.5 cm³/mol. The van der Waals surface area contributed by atoms with Crippen molar-refractivity contribution in [3.8, 4) is 0 Å². The Bertz CT molecular complexity index is 473. The normalized spacial score (nSPS) is 20.3. The molecule has 0 radical (unpaired) electrons. The lowest BCUT2D eigenvalue weighted by Crippen LogP contribution is -2.35. The van der Waals surface area contributed by atoms with Crippen molar-refractivity contribution in [2.45, 2.75) is 19.4 Å². The number of benzene rings is 1. The molecule has 0 bridgehead atoms. The highest BCUT2D eigenvalue weighted by Gasteiger charge is 2.28. The lowest BCUT2D eigenvalue weighted by Gasteiger charge is -2.27. The van der Waals surface area contributed by atoms with E-state index in [0.717, 1.165) is 25.1 Å². The largest absolute Gasteiger partial charge is 0.339 e. The molecule has 104 valence electrons. The molecule has 1 aromatic rings. The van der Waals surface area contributed by atoms with Crippen LogP contribution in [0.25, 0.3) is 0 Å². The third-order valence-corrected chi connectivity index (χ3v) is 3.76. The molecule has 0 spiro atoms. The molecule has 2 rings (SSSR count). The van der Waals surface area contributed by atoms with E-state index in [0.29, 0.717) is 12.1 Å². The summed E-state index contributed by atoms with van der Waals surface area (Å²) in [5.74, 6) is -1.72. The Morgan fingerprint density at radius 3 is 2.74 bits per heavy atom. The van der Waals surface area contributed by atoms with Crippen molar-refractivity contribution < 1.29 is 13.6 Å². The number of hydrogen-bond donors (Lipinski definition) is 1. The number of nitrogens with zero attached hydrogens (tertiary/aromatic N) is 1. The van der Waals surface area contributed by atoms with Crippen LogP contribution in [0, 0.1) is 17.6 Å². The van der Waals surface area contributed by atoms with E-state index >= 15 is 0 Å². The summed E-state index contributed by atoms with van der Waals surface area (Å²) in [4.78, 5) is 13.8. The topological polar surface area (TPSA) is 32.3 Å². The van der Waals surface area contributed by atoms with Gasteiger partial charge >= 0.3 is 0 Å². The van der Waals surface area contributed by atoms with Gasteiger partial charge in [-0.3, -0.25) is 4.79 Å². The molecule has 1 fully saturated rings. The Kier molecular flexibility index (Phi) is 4.14. The average molecular weight is 268 g/mol. The number of carbonyl (C=O) groups excluding carboxylic acids is 1. The fourth-order valence-electron chi connectivity index (χ4n) is 2.34. The zero-order chi connectivity index (χ0) is 14.0. The Morgan fingerprint density at radius 1 is 1.42 bits per heavy atom.